The van der Waals surface area contributed by atoms with Crippen molar-refractivity contribution in [1.82, 2.24) is 9.55 Å². The van der Waals surface area contributed by atoms with Crippen LogP contribution in [0.1, 0.15) is 20.3 Å². The van der Waals surface area contributed by atoms with E-state index in [9.17, 15) is 0 Å². The summed E-state index contributed by atoms with van der Waals surface area (Å²) in [5.74, 6) is 0. The molecule has 2 atom stereocenters. The highest BCUT2D eigenvalue weighted by atomic mass is 35.5. The summed E-state index contributed by atoms with van der Waals surface area (Å²) in [6.07, 6.45) is 1.10. The van der Waals surface area contributed by atoms with Crippen molar-refractivity contribution in [3.05, 3.63) is 28.0 Å². The molecule has 1 aromatic heterocycles. The first-order valence-electron chi connectivity index (χ1n) is 6.05. The van der Waals surface area contributed by atoms with Gasteiger partial charge in [0.1, 0.15) is 0 Å². The van der Waals surface area contributed by atoms with Crippen LogP contribution in [0.15, 0.2) is 18.2 Å². The molecule has 96 valence electrons. The summed E-state index contributed by atoms with van der Waals surface area (Å²) in [5, 5.41) is 0.723. The van der Waals surface area contributed by atoms with Gasteiger partial charge in [-0.3, -0.25) is 0 Å². The molecular formula is C13H15ClN2OS. The topological polar surface area (TPSA) is 29.9 Å². The summed E-state index contributed by atoms with van der Waals surface area (Å²) in [6, 6.07) is 5.80. The number of rotatable bonds is 1. The summed E-state index contributed by atoms with van der Waals surface area (Å²) in [5.41, 5.74) is 1.96. The van der Waals surface area contributed by atoms with E-state index in [0.29, 0.717) is 0 Å². The van der Waals surface area contributed by atoms with E-state index in [0.717, 1.165) is 33.9 Å². The van der Waals surface area contributed by atoms with Crippen molar-refractivity contribution in [3.8, 4) is 0 Å². The molecule has 2 unspecified atom stereocenters. The van der Waals surface area contributed by atoms with E-state index in [2.05, 4.69) is 23.4 Å². The van der Waals surface area contributed by atoms with Crippen molar-refractivity contribution in [2.75, 3.05) is 6.61 Å². The number of benzene rings is 1. The van der Waals surface area contributed by atoms with Gasteiger partial charge in [-0.2, -0.15) is 0 Å². The Morgan fingerprint density at radius 1 is 1.56 bits per heavy atom. The second-order valence-electron chi connectivity index (χ2n) is 5.05. The van der Waals surface area contributed by atoms with Gasteiger partial charge in [-0.1, -0.05) is 11.6 Å². The van der Waals surface area contributed by atoms with Crippen molar-refractivity contribution >= 4 is 34.9 Å². The zero-order valence-electron chi connectivity index (χ0n) is 10.4. The Morgan fingerprint density at radius 2 is 2.33 bits per heavy atom. The third-order valence-corrected chi connectivity index (χ3v) is 4.53. The molecule has 2 aromatic rings. The summed E-state index contributed by atoms with van der Waals surface area (Å²) in [6.45, 7) is 5.06. The van der Waals surface area contributed by atoms with Gasteiger partial charge >= 0.3 is 0 Å². The van der Waals surface area contributed by atoms with E-state index in [1.807, 2.05) is 18.2 Å². The second kappa shape index (κ2) is 4.08. The third kappa shape index (κ3) is 1.63. The van der Waals surface area contributed by atoms with Crippen molar-refractivity contribution in [3.63, 3.8) is 0 Å². The smallest absolute Gasteiger partial charge is 0.178 e. The molecule has 1 N–H and O–H groups in total. The Labute approximate surface area is 116 Å². The van der Waals surface area contributed by atoms with E-state index in [4.69, 9.17) is 28.6 Å². The molecule has 0 aliphatic carbocycles. The van der Waals surface area contributed by atoms with Crippen LogP contribution in [0.4, 0.5) is 0 Å². The van der Waals surface area contributed by atoms with Gasteiger partial charge in [-0.15, -0.1) is 0 Å². The number of aromatic amines is 1. The van der Waals surface area contributed by atoms with Crippen LogP contribution in [0.5, 0.6) is 0 Å². The molecule has 2 heterocycles. The molecule has 18 heavy (non-hydrogen) atoms. The summed E-state index contributed by atoms with van der Waals surface area (Å²) >= 11 is 11.6. The van der Waals surface area contributed by atoms with Crippen LogP contribution in [0.25, 0.3) is 11.0 Å². The van der Waals surface area contributed by atoms with Crippen molar-refractivity contribution < 1.29 is 4.74 Å². The molecular weight excluding hydrogens is 268 g/mol. The molecule has 1 aliphatic rings. The maximum Gasteiger partial charge on any atom is 0.178 e. The first kappa shape index (κ1) is 12.2. The van der Waals surface area contributed by atoms with E-state index in [-0.39, 0.29) is 11.6 Å². The van der Waals surface area contributed by atoms with Crippen molar-refractivity contribution in [2.24, 2.45) is 0 Å². The normalized spacial score (nSPS) is 28.1. The predicted molar refractivity (Wildman–Crippen MR) is 75.8 cm³/mol. The maximum atomic E-state index is 6.10. The Morgan fingerprint density at radius 3 is 3.00 bits per heavy atom. The molecule has 0 saturated carbocycles. The maximum absolute atomic E-state index is 6.10. The Balaban J connectivity index is 2.31. The number of H-pyrrole nitrogens is 1. The minimum atomic E-state index is -0.111. The van der Waals surface area contributed by atoms with Crippen LogP contribution in [0.3, 0.4) is 0 Å². The van der Waals surface area contributed by atoms with Gasteiger partial charge in [0, 0.05) is 11.6 Å². The lowest BCUT2D eigenvalue weighted by atomic mass is 9.94. The van der Waals surface area contributed by atoms with Crippen LogP contribution in [0, 0.1) is 4.77 Å². The van der Waals surface area contributed by atoms with Crippen LogP contribution in [-0.2, 0) is 10.3 Å². The largest absolute Gasteiger partial charge is 0.376 e. The SMILES string of the molecule is CC1OCCC1(C)n1c(=S)[nH]c2ccc(Cl)cc21. The van der Waals surface area contributed by atoms with Gasteiger partial charge < -0.3 is 14.3 Å². The fourth-order valence-corrected chi connectivity index (χ4v) is 3.29. The Hall–Kier alpha value is -0.840. The second-order valence-corrected chi connectivity index (χ2v) is 5.87. The summed E-state index contributed by atoms with van der Waals surface area (Å²) in [4.78, 5) is 3.24. The number of hydrogen-bond donors (Lipinski definition) is 1. The highest BCUT2D eigenvalue weighted by Gasteiger charge is 2.40. The molecule has 1 aliphatic heterocycles. The molecule has 3 nitrogen and oxygen atoms in total. The number of halogens is 1. The molecule has 0 spiro atoms. The van der Waals surface area contributed by atoms with Gasteiger partial charge in [0.15, 0.2) is 4.77 Å². The van der Waals surface area contributed by atoms with E-state index < -0.39 is 0 Å². The molecule has 0 radical (unpaired) electrons. The number of imidazole rings is 1. The third-order valence-electron chi connectivity index (χ3n) is 4.01. The van der Waals surface area contributed by atoms with Crippen LogP contribution in [-0.4, -0.2) is 22.3 Å². The van der Waals surface area contributed by atoms with Gasteiger partial charge in [-0.25, -0.2) is 0 Å². The van der Waals surface area contributed by atoms with Gasteiger partial charge in [0.05, 0.1) is 22.7 Å². The molecule has 5 heteroatoms. The van der Waals surface area contributed by atoms with E-state index in [1.165, 1.54) is 0 Å². The van der Waals surface area contributed by atoms with Gasteiger partial charge in [0.2, 0.25) is 0 Å². The molecule has 0 amide bonds. The van der Waals surface area contributed by atoms with Crippen LogP contribution >= 0.6 is 23.8 Å². The molecule has 3 rings (SSSR count). The minimum absolute atomic E-state index is 0.111. The lowest BCUT2D eigenvalue weighted by Crippen LogP contribution is -2.36. The fraction of sp³-hybridized carbons (Fsp3) is 0.462. The number of hydrogen-bond acceptors (Lipinski definition) is 2. The van der Waals surface area contributed by atoms with Crippen molar-refractivity contribution in [1.29, 1.82) is 0 Å². The van der Waals surface area contributed by atoms with Gasteiger partial charge in [-0.05, 0) is 50.7 Å². The molecule has 0 bridgehead atoms. The zero-order valence-corrected chi connectivity index (χ0v) is 11.9. The fourth-order valence-electron chi connectivity index (χ4n) is 2.70. The predicted octanol–water partition coefficient (Wildman–Crippen LogP) is 3.88. The van der Waals surface area contributed by atoms with E-state index in [1.54, 1.807) is 0 Å². The average Bonchev–Trinajstić information content (AvgIpc) is 2.80. The lowest BCUT2D eigenvalue weighted by Gasteiger charge is -2.30. The quantitative estimate of drug-likeness (QED) is 0.805. The zero-order chi connectivity index (χ0) is 12.9. The van der Waals surface area contributed by atoms with Crippen LogP contribution in [0.2, 0.25) is 5.02 Å². The first-order chi connectivity index (χ1) is 8.52. The summed E-state index contributed by atoms with van der Waals surface area (Å²) in [7, 11) is 0. The number of nitrogens with zero attached hydrogens (tertiary/aromatic N) is 1. The average molecular weight is 283 g/mol. The summed E-state index contributed by atoms with van der Waals surface area (Å²) < 4.78 is 8.60. The van der Waals surface area contributed by atoms with Crippen LogP contribution < -0.4 is 0 Å². The first-order valence-corrected chi connectivity index (χ1v) is 6.83. The number of ether oxygens (including phenoxy) is 1. The lowest BCUT2D eigenvalue weighted by molar-refractivity contribution is 0.0770. The Bertz CT molecular complexity index is 663. The highest BCUT2D eigenvalue weighted by Crippen LogP contribution is 2.36. The van der Waals surface area contributed by atoms with Crippen molar-refractivity contribution in [2.45, 2.75) is 31.9 Å². The minimum Gasteiger partial charge on any atom is -0.376 e. The monoisotopic (exact) mass is 282 g/mol. The Kier molecular flexibility index (Phi) is 2.77. The molecule has 1 aromatic carbocycles. The number of fused-ring (bicyclic) bond motifs is 1. The number of nitrogens with one attached hydrogen (secondary N) is 1. The highest BCUT2D eigenvalue weighted by molar-refractivity contribution is 7.71. The number of aromatic nitrogens is 2. The van der Waals surface area contributed by atoms with E-state index >= 15 is 0 Å². The molecule has 1 fully saturated rings. The van der Waals surface area contributed by atoms with Gasteiger partial charge in [0.25, 0.3) is 0 Å². The molecule has 1 saturated heterocycles. The standard InChI is InChI=1S/C13H15ClN2OS/c1-8-13(2,5-6-17-8)16-11-7-9(14)3-4-10(11)15-12(16)18/h3-4,7-8H,5-6H2,1-2H3,(H,15,18).